The van der Waals surface area contributed by atoms with Crippen molar-refractivity contribution in [3.63, 3.8) is 0 Å². The average molecular weight is 340 g/mol. The molecule has 0 bridgehead atoms. The van der Waals surface area contributed by atoms with E-state index in [1.165, 1.54) is 11.3 Å². The molecule has 0 aliphatic rings. The molecule has 0 spiro atoms. The first-order valence-electron chi connectivity index (χ1n) is 6.89. The predicted octanol–water partition coefficient (Wildman–Crippen LogP) is 2.71. The third-order valence-corrected chi connectivity index (χ3v) is 4.30. The molecule has 6 heteroatoms. The van der Waals surface area contributed by atoms with E-state index in [1.54, 1.807) is 0 Å². The Morgan fingerprint density at radius 2 is 2.10 bits per heavy atom. The van der Waals surface area contributed by atoms with Crippen molar-refractivity contribution in [1.82, 2.24) is 24.9 Å². The van der Waals surface area contributed by atoms with Crippen molar-refractivity contribution >= 4 is 15.9 Å². The van der Waals surface area contributed by atoms with Crippen LogP contribution in [-0.4, -0.2) is 26.6 Å². The highest BCUT2D eigenvalue weighted by molar-refractivity contribution is 9.10. The van der Waals surface area contributed by atoms with Crippen LogP contribution in [0.4, 0.5) is 0 Å². The summed E-state index contributed by atoms with van der Waals surface area (Å²) in [5, 5.41) is 12.4. The molecule has 0 aliphatic carbocycles. The quantitative estimate of drug-likeness (QED) is 0.910. The van der Waals surface area contributed by atoms with Gasteiger partial charge < -0.3 is 5.32 Å². The summed E-state index contributed by atoms with van der Waals surface area (Å²) < 4.78 is 5.04. The maximum absolute atomic E-state index is 4.53. The lowest BCUT2D eigenvalue weighted by Gasteiger charge is -2.19. The van der Waals surface area contributed by atoms with Gasteiger partial charge in [0.25, 0.3) is 0 Å². The molecule has 110 valence electrons. The van der Waals surface area contributed by atoms with Crippen LogP contribution in [0.2, 0.25) is 0 Å². The standard InChI is InChI=1S/C14H22BrN5/c1-6-7-20-14(11(15)8-17-20)13(16-4)12-9(2)18-19(5)10(12)3/h8,13,16H,6-7H2,1-5H3. The second kappa shape index (κ2) is 6.10. The summed E-state index contributed by atoms with van der Waals surface area (Å²) in [7, 11) is 3.96. The highest BCUT2D eigenvalue weighted by atomic mass is 79.9. The molecule has 0 radical (unpaired) electrons. The summed E-state index contributed by atoms with van der Waals surface area (Å²) in [6, 6.07) is 0.0899. The van der Waals surface area contributed by atoms with Gasteiger partial charge in [-0.05, 0) is 43.2 Å². The van der Waals surface area contributed by atoms with Gasteiger partial charge in [-0.25, -0.2) is 0 Å². The molecule has 0 fully saturated rings. The number of hydrogen-bond acceptors (Lipinski definition) is 3. The second-order valence-corrected chi connectivity index (χ2v) is 5.89. The molecule has 1 atom stereocenters. The molecule has 20 heavy (non-hydrogen) atoms. The third-order valence-electron chi connectivity index (χ3n) is 3.68. The largest absolute Gasteiger partial charge is 0.308 e. The lowest BCUT2D eigenvalue weighted by Crippen LogP contribution is -2.23. The molecule has 2 rings (SSSR count). The zero-order chi connectivity index (χ0) is 14.9. The normalized spacial score (nSPS) is 12.9. The van der Waals surface area contributed by atoms with Crippen LogP contribution in [-0.2, 0) is 13.6 Å². The average Bonchev–Trinajstić information content (AvgIpc) is 2.87. The summed E-state index contributed by atoms with van der Waals surface area (Å²) in [6.07, 6.45) is 2.93. The fraction of sp³-hybridized carbons (Fsp3) is 0.571. The van der Waals surface area contributed by atoms with Crippen LogP contribution in [0.5, 0.6) is 0 Å². The van der Waals surface area contributed by atoms with E-state index in [4.69, 9.17) is 0 Å². The molecule has 2 aromatic heterocycles. The van der Waals surface area contributed by atoms with E-state index in [2.05, 4.69) is 56.9 Å². The molecular formula is C14H22BrN5. The topological polar surface area (TPSA) is 47.7 Å². The molecule has 0 aliphatic heterocycles. The van der Waals surface area contributed by atoms with Crippen LogP contribution >= 0.6 is 15.9 Å². The Hall–Kier alpha value is -1.14. The van der Waals surface area contributed by atoms with Crippen LogP contribution in [0, 0.1) is 13.8 Å². The van der Waals surface area contributed by atoms with Gasteiger partial charge in [-0.15, -0.1) is 0 Å². The van der Waals surface area contributed by atoms with Crippen molar-refractivity contribution < 1.29 is 0 Å². The maximum Gasteiger partial charge on any atom is 0.0793 e. The minimum Gasteiger partial charge on any atom is -0.308 e. The first-order valence-corrected chi connectivity index (χ1v) is 7.69. The van der Waals surface area contributed by atoms with Crippen LogP contribution in [0.25, 0.3) is 0 Å². The highest BCUT2D eigenvalue weighted by Crippen LogP contribution is 2.31. The molecule has 1 N–H and O–H groups in total. The summed E-state index contributed by atoms with van der Waals surface area (Å²) in [6.45, 7) is 7.24. The molecule has 1 unspecified atom stereocenters. The van der Waals surface area contributed by atoms with Crippen molar-refractivity contribution in [3.05, 3.63) is 33.3 Å². The first kappa shape index (κ1) is 15.3. The highest BCUT2D eigenvalue weighted by Gasteiger charge is 2.25. The summed E-state index contributed by atoms with van der Waals surface area (Å²) >= 11 is 3.63. The van der Waals surface area contributed by atoms with E-state index in [0.29, 0.717) is 0 Å². The van der Waals surface area contributed by atoms with Gasteiger partial charge in [0.1, 0.15) is 0 Å². The van der Waals surface area contributed by atoms with Crippen LogP contribution in [0.3, 0.4) is 0 Å². The Kier molecular flexibility index (Phi) is 4.65. The predicted molar refractivity (Wildman–Crippen MR) is 83.8 cm³/mol. The van der Waals surface area contributed by atoms with Crippen LogP contribution in [0.15, 0.2) is 10.7 Å². The first-order chi connectivity index (χ1) is 9.51. The number of aromatic nitrogens is 4. The SMILES string of the molecule is CCCn1ncc(Br)c1C(NC)c1c(C)nn(C)c1C. The third kappa shape index (κ3) is 2.54. The van der Waals surface area contributed by atoms with Gasteiger partial charge in [0.05, 0.1) is 28.1 Å². The molecule has 5 nitrogen and oxygen atoms in total. The second-order valence-electron chi connectivity index (χ2n) is 5.03. The minimum absolute atomic E-state index is 0.0899. The van der Waals surface area contributed by atoms with E-state index >= 15 is 0 Å². The Morgan fingerprint density at radius 3 is 2.60 bits per heavy atom. The molecule has 2 aromatic rings. The molecule has 0 saturated heterocycles. The Labute approximate surface area is 128 Å². The summed E-state index contributed by atoms with van der Waals surface area (Å²) in [5.74, 6) is 0. The number of hydrogen-bond donors (Lipinski definition) is 1. The van der Waals surface area contributed by atoms with Crippen LogP contribution in [0.1, 0.15) is 42.0 Å². The van der Waals surface area contributed by atoms with E-state index in [0.717, 1.165) is 28.8 Å². The van der Waals surface area contributed by atoms with Gasteiger partial charge in [0.2, 0.25) is 0 Å². The smallest absolute Gasteiger partial charge is 0.0793 e. The number of halogens is 1. The Morgan fingerprint density at radius 1 is 1.40 bits per heavy atom. The molecule has 0 saturated carbocycles. The summed E-state index contributed by atoms with van der Waals surface area (Å²) in [5.41, 5.74) is 4.63. The van der Waals surface area contributed by atoms with Crippen molar-refractivity contribution in [2.45, 2.75) is 39.8 Å². The summed E-state index contributed by atoms with van der Waals surface area (Å²) in [4.78, 5) is 0. The number of nitrogens with one attached hydrogen (secondary N) is 1. The number of rotatable bonds is 5. The van der Waals surface area contributed by atoms with Gasteiger partial charge >= 0.3 is 0 Å². The van der Waals surface area contributed by atoms with Gasteiger partial charge in [0.15, 0.2) is 0 Å². The molecular weight excluding hydrogens is 318 g/mol. The fourth-order valence-electron chi connectivity index (χ4n) is 2.67. The lowest BCUT2D eigenvalue weighted by molar-refractivity contribution is 0.531. The number of aryl methyl sites for hydroxylation is 3. The molecule has 0 aromatic carbocycles. The maximum atomic E-state index is 4.53. The number of nitrogens with zero attached hydrogens (tertiary/aromatic N) is 4. The van der Waals surface area contributed by atoms with E-state index in [9.17, 15) is 0 Å². The van der Waals surface area contributed by atoms with Crippen molar-refractivity contribution in [2.24, 2.45) is 7.05 Å². The van der Waals surface area contributed by atoms with E-state index in [1.807, 2.05) is 25.0 Å². The van der Waals surface area contributed by atoms with E-state index in [-0.39, 0.29) is 6.04 Å². The fourth-order valence-corrected chi connectivity index (χ4v) is 3.20. The van der Waals surface area contributed by atoms with Crippen molar-refractivity contribution in [1.29, 1.82) is 0 Å². The minimum atomic E-state index is 0.0899. The van der Waals surface area contributed by atoms with Gasteiger partial charge in [-0.2, -0.15) is 10.2 Å². The van der Waals surface area contributed by atoms with Crippen LogP contribution < -0.4 is 5.32 Å². The lowest BCUT2D eigenvalue weighted by atomic mass is 10.0. The Bertz CT molecular complexity index is 599. The molecule has 0 amide bonds. The zero-order valence-corrected chi connectivity index (χ0v) is 14.3. The molecule has 2 heterocycles. The van der Waals surface area contributed by atoms with Gasteiger partial charge in [0, 0.05) is 24.8 Å². The van der Waals surface area contributed by atoms with E-state index < -0.39 is 0 Å². The zero-order valence-electron chi connectivity index (χ0n) is 12.7. The van der Waals surface area contributed by atoms with Crippen molar-refractivity contribution in [2.75, 3.05) is 7.05 Å². The van der Waals surface area contributed by atoms with Gasteiger partial charge in [-0.3, -0.25) is 9.36 Å². The monoisotopic (exact) mass is 339 g/mol. The van der Waals surface area contributed by atoms with Crippen molar-refractivity contribution in [3.8, 4) is 0 Å². The Balaban J connectivity index is 2.55. The van der Waals surface area contributed by atoms with Gasteiger partial charge in [-0.1, -0.05) is 6.92 Å².